The Bertz CT molecular complexity index is 1240. The molecule has 0 N–H and O–H groups in total. The molecular weight excluding hydrogens is 540 g/mol. The van der Waals surface area contributed by atoms with Crippen molar-refractivity contribution in [3.8, 4) is 0 Å². The third-order valence-electron chi connectivity index (χ3n) is 10.2. The fourth-order valence-corrected chi connectivity index (χ4v) is 8.05. The highest BCUT2D eigenvalue weighted by Crippen LogP contribution is 2.39. The Hall–Kier alpha value is -3.45. The topological polar surface area (TPSA) is 154 Å². The standard InChI is InChI=1S/C30H42N6O6/c1-19(31-16-37)22-10-4-7-13-25(22)34-28(40)35(26-14-8-5-11-23(26)20(2)32-17-38)30(42)36(29(34)41)27-15-9-6-12-24(27)21(3)33-18-39/h19-27H,4-15H2,1-3H3. The minimum Gasteiger partial charge on any atom is -0.247 e. The van der Waals surface area contributed by atoms with E-state index in [1.807, 2.05) is 0 Å². The van der Waals surface area contributed by atoms with Gasteiger partial charge in [-0.3, -0.25) is 0 Å². The molecule has 12 heteroatoms. The zero-order chi connectivity index (χ0) is 30.4. The molecule has 9 atom stereocenters. The van der Waals surface area contributed by atoms with E-state index in [2.05, 4.69) is 15.0 Å². The number of aliphatic imine (C=N–C) groups is 3. The van der Waals surface area contributed by atoms with E-state index < -0.39 is 53.3 Å². The van der Waals surface area contributed by atoms with Crippen LogP contribution in [0.5, 0.6) is 0 Å². The molecule has 1 aromatic rings. The zero-order valence-electron chi connectivity index (χ0n) is 24.8. The molecule has 1 heterocycles. The third-order valence-corrected chi connectivity index (χ3v) is 10.2. The van der Waals surface area contributed by atoms with Crippen LogP contribution in [0, 0.1) is 17.8 Å². The number of nitrogens with zero attached hydrogens (tertiary/aromatic N) is 6. The zero-order valence-corrected chi connectivity index (χ0v) is 24.8. The second kappa shape index (κ2) is 14.1. The molecule has 0 spiro atoms. The van der Waals surface area contributed by atoms with Gasteiger partial charge in [-0.2, -0.15) is 0 Å². The number of rotatable bonds is 9. The Kier molecular flexibility index (Phi) is 10.6. The molecule has 0 saturated heterocycles. The van der Waals surface area contributed by atoms with Gasteiger partial charge in [-0.25, -0.2) is 57.4 Å². The predicted molar refractivity (Wildman–Crippen MR) is 155 cm³/mol. The predicted octanol–water partition coefficient (Wildman–Crippen LogP) is 3.54. The molecule has 3 aliphatic carbocycles. The van der Waals surface area contributed by atoms with E-state index in [4.69, 9.17) is 0 Å². The fourth-order valence-electron chi connectivity index (χ4n) is 8.05. The van der Waals surface area contributed by atoms with Gasteiger partial charge in [0.15, 0.2) is 0 Å². The van der Waals surface area contributed by atoms with E-state index in [1.165, 1.54) is 13.7 Å². The van der Waals surface area contributed by atoms with E-state index in [9.17, 15) is 28.8 Å². The number of carbonyl (C=O) groups excluding carboxylic acids is 3. The highest BCUT2D eigenvalue weighted by molar-refractivity contribution is 5.34. The number of hydrogen-bond donors (Lipinski definition) is 0. The van der Waals surface area contributed by atoms with E-state index in [0.29, 0.717) is 38.5 Å². The van der Waals surface area contributed by atoms with Crippen molar-refractivity contribution in [2.75, 3.05) is 0 Å². The summed E-state index contributed by atoms with van der Waals surface area (Å²) in [5, 5.41) is 0. The lowest BCUT2D eigenvalue weighted by molar-refractivity contribution is 0.146. The summed E-state index contributed by atoms with van der Waals surface area (Å²) in [5.41, 5.74) is -1.98. The van der Waals surface area contributed by atoms with E-state index in [1.54, 1.807) is 39.0 Å². The molecule has 228 valence electrons. The summed E-state index contributed by atoms with van der Waals surface area (Å²) in [6.45, 7) is 5.38. The van der Waals surface area contributed by atoms with E-state index in [-0.39, 0.29) is 17.8 Å². The van der Waals surface area contributed by atoms with Gasteiger partial charge < -0.3 is 0 Å². The first-order valence-corrected chi connectivity index (χ1v) is 15.5. The lowest BCUT2D eigenvalue weighted by atomic mass is 9.79. The molecule has 0 amide bonds. The third kappa shape index (κ3) is 6.17. The van der Waals surface area contributed by atoms with Crippen LogP contribution in [-0.4, -0.2) is 50.1 Å². The van der Waals surface area contributed by atoms with Gasteiger partial charge in [-0.15, -0.1) is 0 Å². The SMILES string of the molecule is CC(N=C=O)C1CCCCC1n1c(=O)n(C2CCCCC2C(C)N=C=O)c(=O)n(C2CCCCC2C(C)N=C=O)c1=O. The van der Waals surface area contributed by atoms with Crippen LogP contribution < -0.4 is 17.1 Å². The first-order chi connectivity index (χ1) is 20.3. The van der Waals surface area contributed by atoms with Crippen molar-refractivity contribution >= 4 is 18.2 Å². The van der Waals surface area contributed by atoms with Crippen LogP contribution >= 0.6 is 0 Å². The molecule has 1 aromatic heterocycles. The summed E-state index contributed by atoms with van der Waals surface area (Å²) in [7, 11) is 0. The maximum atomic E-state index is 14.4. The van der Waals surface area contributed by atoms with Gasteiger partial charge >= 0.3 is 17.1 Å². The Labute approximate surface area is 244 Å². The molecule has 4 rings (SSSR count). The first-order valence-electron chi connectivity index (χ1n) is 15.5. The first kappa shape index (κ1) is 31.5. The van der Waals surface area contributed by atoms with Gasteiger partial charge in [0.25, 0.3) is 0 Å². The molecule has 3 saturated carbocycles. The van der Waals surface area contributed by atoms with Gasteiger partial charge in [0, 0.05) is 35.9 Å². The van der Waals surface area contributed by atoms with Crippen LogP contribution in [0.3, 0.4) is 0 Å². The van der Waals surface area contributed by atoms with Crippen LogP contribution in [0.15, 0.2) is 29.4 Å². The van der Waals surface area contributed by atoms with Crippen molar-refractivity contribution in [3.05, 3.63) is 31.5 Å². The average molecular weight is 583 g/mol. The molecule has 0 bridgehead atoms. The maximum absolute atomic E-state index is 14.4. The summed E-state index contributed by atoms with van der Waals surface area (Å²) < 4.78 is 3.75. The normalized spacial score (nSPS) is 30.1. The average Bonchev–Trinajstić information content (AvgIpc) is 2.98. The molecule has 3 fully saturated rings. The van der Waals surface area contributed by atoms with Crippen molar-refractivity contribution in [2.45, 2.75) is 134 Å². The van der Waals surface area contributed by atoms with Crippen molar-refractivity contribution in [2.24, 2.45) is 32.7 Å². The highest BCUT2D eigenvalue weighted by atomic mass is 16.2. The van der Waals surface area contributed by atoms with Crippen LogP contribution in [0.1, 0.15) is 116 Å². The molecule has 42 heavy (non-hydrogen) atoms. The second-order valence-corrected chi connectivity index (χ2v) is 12.4. The van der Waals surface area contributed by atoms with Gasteiger partial charge in [0.2, 0.25) is 18.2 Å². The number of aromatic nitrogens is 3. The van der Waals surface area contributed by atoms with Crippen molar-refractivity contribution < 1.29 is 14.4 Å². The quantitative estimate of drug-likeness (QED) is 0.320. The summed E-state index contributed by atoms with van der Waals surface area (Å²) in [6, 6.07) is -3.03. The number of isocyanates is 3. The van der Waals surface area contributed by atoms with Crippen molar-refractivity contribution in [1.82, 2.24) is 13.7 Å². The monoisotopic (exact) mass is 582 g/mol. The summed E-state index contributed by atoms with van der Waals surface area (Å²) in [6.07, 6.45) is 13.5. The Morgan fingerprint density at radius 1 is 0.500 bits per heavy atom. The molecule has 0 aliphatic heterocycles. The number of hydrogen-bond acceptors (Lipinski definition) is 9. The van der Waals surface area contributed by atoms with Crippen LogP contribution in [0.2, 0.25) is 0 Å². The Morgan fingerprint density at radius 2 is 0.738 bits per heavy atom. The van der Waals surface area contributed by atoms with E-state index >= 15 is 0 Å². The molecule has 3 aliphatic rings. The van der Waals surface area contributed by atoms with Gasteiger partial charge in [0.1, 0.15) is 0 Å². The van der Waals surface area contributed by atoms with Gasteiger partial charge in [0.05, 0.1) is 18.1 Å². The summed E-state index contributed by atoms with van der Waals surface area (Å²) in [4.78, 5) is 88.6. The summed E-state index contributed by atoms with van der Waals surface area (Å²) >= 11 is 0. The largest absolute Gasteiger partial charge is 0.336 e. The fraction of sp³-hybridized carbons (Fsp3) is 0.800. The maximum Gasteiger partial charge on any atom is 0.336 e. The minimum atomic E-state index is -0.661. The second-order valence-electron chi connectivity index (χ2n) is 12.4. The van der Waals surface area contributed by atoms with E-state index in [0.717, 1.165) is 38.5 Å². The molecule has 9 unspecified atom stereocenters. The van der Waals surface area contributed by atoms with Crippen LogP contribution in [0.4, 0.5) is 0 Å². The molecule has 12 nitrogen and oxygen atoms in total. The van der Waals surface area contributed by atoms with Crippen LogP contribution in [-0.2, 0) is 14.4 Å². The lowest BCUT2D eigenvalue weighted by Gasteiger charge is -2.39. The Morgan fingerprint density at radius 3 is 0.976 bits per heavy atom. The Balaban J connectivity index is 2.01. The lowest BCUT2D eigenvalue weighted by Crippen LogP contribution is -2.60. The van der Waals surface area contributed by atoms with Crippen molar-refractivity contribution in [3.63, 3.8) is 0 Å². The smallest absolute Gasteiger partial charge is 0.247 e. The van der Waals surface area contributed by atoms with Gasteiger partial charge in [-0.05, 0) is 59.3 Å². The van der Waals surface area contributed by atoms with Crippen molar-refractivity contribution in [1.29, 1.82) is 0 Å². The molecular formula is C30H42N6O6. The molecule has 0 radical (unpaired) electrons. The minimum absolute atomic E-state index is 0.258. The molecule has 0 aromatic carbocycles. The highest BCUT2D eigenvalue weighted by Gasteiger charge is 2.41. The van der Waals surface area contributed by atoms with Crippen LogP contribution in [0.25, 0.3) is 0 Å². The summed E-state index contributed by atoms with van der Waals surface area (Å²) in [5.74, 6) is -0.774. The van der Waals surface area contributed by atoms with Gasteiger partial charge in [-0.1, -0.05) is 38.5 Å².